The highest BCUT2D eigenvalue weighted by Crippen LogP contribution is 2.13. The van der Waals surface area contributed by atoms with Gasteiger partial charge in [-0.15, -0.1) is 0 Å². The van der Waals surface area contributed by atoms with Crippen LogP contribution in [0.5, 0.6) is 5.75 Å². The van der Waals surface area contributed by atoms with E-state index < -0.39 is 0 Å². The minimum atomic E-state index is 0.236. The predicted octanol–water partition coefficient (Wildman–Crippen LogP) is 2.45. The zero-order valence-corrected chi connectivity index (χ0v) is 9.55. The molecule has 3 heteroatoms. The Kier molecular flexibility index (Phi) is 4.84. The van der Waals surface area contributed by atoms with Crippen LogP contribution in [0.1, 0.15) is 19.4 Å². The van der Waals surface area contributed by atoms with Gasteiger partial charge in [-0.3, -0.25) is 4.72 Å². The zero-order chi connectivity index (χ0) is 10.4. The minimum absolute atomic E-state index is 0.236. The van der Waals surface area contributed by atoms with E-state index in [2.05, 4.69) is 29.7 Å². The summed E-state index contributed by atoms with van der Waals surface area (Å²) >= 11 is 3.94. The lowest BCUT2D eigenvalue weighted by Gasteiger charge is -2.09. The van der Waals surface area contributed by atoms with Crippen molar-refractivity contribution in [3.63, 3.8) is 0 Å². The first-order chi connectivity index (χ1) is 6.72. The molecule has 0 amide bonds. The second-order valence-electron chi connectivity index (χ2n) is 3.47. The fraction of sp³-hybridized carbons (Fsp3) is 0.455. The van der Waals surface area contributed by atoms with Gasteiger partial charge in [0.2, 0.25) is 0 Å². The predicted molar refractivity (Wildman–Crippen MR) is 62.9 cm³/mol. The summed E-state index contributed by atoms with van der Waals surface area (Å²) in [6, 6.07) is 8.19. The molecule has 1 aromatic rings. The van der Waals surface area contributed by atoms with Crippen molar-refractivity contribution in [3.05, 3.63) is 29.8 Å². The molecule has 0 fully saturated rings. The molecular weight excluding hydrogens is 194 g/mol. The van der Waals surface area contributed by atoms with Crippen LogP contribution >= 0.6 is 12.8 Å². The summed E-state index contributed by atoms with van der Waals surface area (Å²) in [7, 11) is 0. The van der Waals surface area contributed by atoms with Crippen molar-refractivity contribution >= 4 is 12.8 Å². The highest BCUT2D eigenvalue weighted by Gasteiger charge is 1.97. The Labute approximate surface area is 91.2 Å². The molecule has 0 saturated carbocycles. The van der Waals surface area contributed by atoms with Crippen LogP contribution in [0, 0.1) is 0 Å². The second kappa shape index (κ2) is 5.94. The van der Waals surface area contributed by atoms with E-state index in [-0.39, 0.29) is 6.10 Å². The summed E-state index contributed by atoms with van der Waals surface area (Å²) in [5.41, 5.74) is 1.29. The molecule has 0 aliphatic carbocycles. The molecule has 1 N–H and O–H groups in total. The van der Waals surface area contributed by atoms with Crippen LogP contribution in [0.3, 0.4) is 0 Å². The quantitative estimate of drug-likeness (QED) is 0.730. The number of thiol groups is 1. The van der Waals surface area contributed by atoms with Gasteiger partial charge in [0.25, 0.3) is 0 Å². The van der Waals surface area contributed by atoms with Crippen molar-refractivity contribution in [2.45, 2.75) is 26.4 Å². The molecule has 0 aromatic heterocycles. The van der Waals surface area contributed by atoms with Gasteiger partial charge in [0.1, 0.15) is 5.75 Å². The second-order valence-corrected chi connectivity index (χ2v) is 3.78. The maximum absolute atomic E-state index is 5.54. The van der Waals surface area contributed by atoms with Crippen LogP contribution < -0.4 is 9.46 Å². The van der Waals surface area contributed by atoms with Crippen LogP contribution in [0.4, 0.5) is 0 Å². The molecule has 14 heavy (non-hydrogen) atoms. The Hall–Kier alpha value is -0.670. The van der Waals surface area contributed by atoms with E-state index in [0.717, 1.165) is 18.7 Å². The van der Waals surface area contributed by atoms with Gasteiger partial charge in [0.05, 0.1) is 6.10 Å². The molecule has 0 aliphatic heterocycles. The average Bonchev–Trinajstić information content (AvgIpc) is 2.16. The first kappa shape index (κ1) is 11.4. The van der Waals surface area contributed by atoms with E-state index in [1.54, 1.807) is 0 Å². The third kappa shape index (κ3) is 4.03. The van der Waals surface area contributed by atoms with E-state index in [4.69, 9.17) is 4.74 Å². The highest BCUT2D eigenvalue weighted by molar-refractivity contribution is 7.78. The molecule has 0 heterocycles. The summed E-state index contributed by atoms with van der Waals surface area (Å²) in [6.07, 6.45) is 1.23. The summed E-state index contributed by atoms with van der Waals surface area (Å²) in [5.74, 6) is 0.933. The van der Waals surface area contributed by atoms with Gasteiger partial charge in [-0.25, -0.2) is 0 Å². The summed E-state index contributed by atoms with van der Waals surface area (Å²) in [5, 5.41) is 0. The van der Waals surface area contributed by atoms with Gasteiger partial charge >= 0.3 is 0 Å². The number of hydrogen-bond acceptors (Lipinski definition) is 3. The molecule has 1 aromatic carbocycles. The van der Waals surface area contributed by atoms with Crippen molar-refractivity contribution in [1.29, 1.82) is 0 Å². The lowest BCUT2D eigenvalue weighted by atomic mass is 10.1. The van der Waals surface area contributed by atoms with Crippen LogP contribution in [0.25, 0.3) is 0 Å². The largest absolute Gasteiger partial charge is 0.491 e. The number of hydrogen-bond donors (Lipinski definition) is 2. The smallest absolute Gasteiger partial charge is 0.119 e. The van der Waals surface area contributed by atoms with Gasteiger partial charge in [0, 0.05) is 6.54 Å². The molecule has 0 bridgehead atoms. The van der Waals surface area contributed by atoms with Crippen molar-refractivity contribution in [1.82, 2.24) is 4.72 Å². The van der Waals surface area contributed by atoms with Gasteiger partial charge in [0.15, 0.2) is 0 Å². The van der Waals surface area contributed by atoms with Crippen molar-refractivity contribution in [2.75, 3.05) is 6.54 Å². The molecule has 0 aliphatic rings. The Morgan fingerprint density at radius 3 is 2.43 bits per heavy atom. The highest BCUT2D eigenvalue weighted by atomic mass is 32.1. The van der Waals surface area contributed by atoms with E-state index in [0.29, 0.717) is 0 Å². The summed E-state index contributed by atoms with van der Waals surface area (Å²) in [4.78, 5) is 0. The number of ether oxygens (including phenoxy) is 1. The number of rotatable bonds is 5. The molecule has 78 valence electrons. The molecule has 0 saturated heterocycles. The Morgan fingerprint density at radius 2 is 1.93 bits per heavy atom. The first-order valence-corrected chi connectivity index (χ1v) is 5.29. The maximum atomic E-state index is 5.54. The molecule has 0 spiro atoms. The first-order valence-electron chi connectivity index (χ1n) is 4.85. The van der Waals surface area contributed by atoms with Gasteiger partial charge in [-0.1, -0.05) is 24.9 Å². The number of benzene rings is 1. The summed E-state index contributed by atoms with van der Waals surface area (Å²) < 4.78 is 8.37. The van der Waals surface area contributed by atoms with E-state index in [1.165, 1.54) is 5.56 Å². The molecule has 0 unspecified atom stereocenters. The van der Waals surface area contributed by atoms with E-state index in [9.17, 15) is 0 Å². The molecule has 2 nitrogen and oxygen atoms in total. The van der Waals surface area contributed by atoms with Crippen molar-refractivity contribution in [3.8, 4) is 5.75 Å². The van der Waals surface area contributed by atoms with Gasteiger partial charge < -0.3 is 4.74 Å². The lowest BCUT2D eigenvalue weighted by molar-refractivity contribution is 0.242. The van der Waals surface area contributed by atoms with Crippen LogP contribution in [0.15, 0.2) is 24.3 Å². The van der Waals surface area contributed by atoms with Gasteiger partial charge in [-0.2, -0.15) is 0 Å². The van der Waals surface area contributed by atoms with Crippen LogP contribution in [-0.2, 0) is 6.42 Å². The summed E-state index contributed by atoms with van der Waals surface area (Å²) in [6.45, 7) is 4.94. The van der Waals surface area contributed by atoms with E-state index in [1.807, 2.05) is 26.0 Å². The fourth-order valence-corrected chi connectivity index (χ4v) is 1.32. The Morgan fingerprint density at radius 1 is 1.29 bits per heavy atom. The monoisotopic (exact) mass is 211 g/mol. The molecular formula is C11H17NOS. The molecule has 0 radical (unpaired) electrons. The molecule has 0 atom stereocenters. The topological polar surface area (TPSA) is 21.3 Å². The van der Waals surface area contributed by atoms with Crippen molar-refractivity contribution in [2.24, 2.45) is 0 Å². The SMILES string of the molecule is CC(C)Oc1ccc(CCNS)cc1. The van der Waals surface area contributed by atoms with E-state index >= 15 is 0 Å². The zero-order valence-electron chi connectivity index (χ0n) is 8.66. The Balaban J connectivity index is 2.50. The van der Waals surface area contributed by atoms with Crippen LogP contribution in [0.2, 0.25) is 0 Å². The minimum Gasteiger partial charge on any atom is -0.491 e. The normalized spacial score (nSPS) is 10.6. The average molecular weight is 211 g/mol. The standard InChI is InChI=1S/C11H17NOS/c1-9(2)13-11-5-3-10(4-6-11)7-8-12-14/h3-6,9,12,14H,7-8H2,1-2H3. The third-order valence-corrected chi connectivity index (χ3v) is 2.04. The number of nitrogens with one attached hydrogen (secondary N) is 1. The van der Waals surface area contributed by atoms with Crippen molar-refractivity contribution < 1.29 is 4.74 Å². The Bertz CT molecular complexity index is 258. The molecule has 1 rings (SSSR count). The third-order valence-electron chi connectivity index (χ3n) is 1.82. The lowest BCUT2D eigenvalue weighted by Crippen LogP contribution is -2.06. The fourth-order valence-electron chi connectivity index (χ4n) is 1.21. The maximum Gasteiger partial charge on any atom is 0.119 e. The van der Waals surface area contributed by atoms with Crippen LogP contribution in [-0.4, -0.2) is 12.6 Å². The van der Waals surface area contributed by atoms with Gasteiger partial charge in [-0.05, 0) is 38.0 Å².